The van der Waals surface area contributed by atoms with Gasteiger partial charge in [-0.1, -0.05) is 12.1 Å². The minimum atomic E-state index is -0.324. The highest BCUT2D eigenvalue weighted by Gasteiger charge is 2.29. The van der Waals surface area contributed by atoms with Gasteiger partial charge in [-0.25, -0.2) is 4.98 Å². The molecule has 0 atom stereocenters. The van der Waals surface area contributed by atoms with Crippen molar-refractivity contribution in [3.05, 3.63) is 64.3 Å². The van der Waals surface area contributed by atoms with Crippen LogP contribution in [0.1, 0.15) is 18.4 Å². The molecule has 204 valence electrons. The van der Waals surface area contributed by atoms with E-state index in [2.05, 4.69) is 42.3 Å². The third-order valence-electron chi connectivity index (χ3n) is 7.51. The second kappa shape index (κ2) is 12.0. The van der Waals surface area contributed by atoms with E-state index >= 15 is 0 Å². The number of likely N-dealkylation sites (N-methyl/N-ethyl adjacent to an activating group) is 1. The van der Waals surface area contributed by atoms with Crippen LogP contribution in [0.2, 0.25) is 0 Å². The fourth-order valence-corrected chi connectivity index (χ4v) is 5.59. The van der Waals surface area contributed by atoms with Gasteiger partial charge in [-0.3, -0.25) is 19.6 Å². The molecule has 2 aromatic carbocycles. The molecule has 0 unspecified atom stereocenters. The van der Waals surface area contributed by atoms with Crippen LogP contribution < -0.4 is 20.8 Å². The van der Waals surface area contributed by atoms with Crippen molar-refractivity contribution in [2.24, 2.45) is 0 Å². The van der Waals surface area contributed by atoms with Crippen molar-refractivity contribution in [2.75, 3.05) is 61.8 Å². The van der Waals surface area contributed by atoms with Crippen molar-refractivity contribution in [3.63, 3.8) is 0 Å². The second-order valence-corrected chi connectivity index (χ2v) is 10.8. The summed E-state index contributed by atoms with van der Waals surface area (Å²) in [6, 6.07) is 13.0. The quantitative estimate of drug-likeness (QED) is 0.239. The van der Waals surface area contributed by atoms with Crippen molar-refractivity contribution < 1.29 is 9.49 Å². The Balaban J connectivity index is 1.29. The largest absolute Gasteiger partial charge is 0.366 e. The third-order valence-corrected chi connectivity index (χ3v) is 8.10. The zero-order chi connectivity index (χ0) is 27.4. The summed E-state index contributed by atoms with van der Waals surface area (Å²) < 4.78 is 11.5. The van der Waals surface area contributed by atoms with E-state index in [4.69, 9.17) is 0 Å². The Kier molecular flexibility index (Phi) is 8.30. The van der Waals surface area contributed by atoms with Gasteiger partial charge in [-0.05, 0) is 51.1 Å². The highest BCUT2D eigenvalue weighted by molar-refractivity contribution is 7.34. The Labute approximate surface area is 229 Å². The van der Waals surface area contributed by atoms with Crippen LogP contribution in [0.25, 0.3) is 0 Å². The molecule has 39 heavy (non-hydrogen) atoms. The van der Waals surface area contributed by atoms with Crippen molar-refractivity contribution in [2.45, 2.75) is 25.8 Å². The molecule has 11 nitrogen and oxygen atoms in total. The molecule has 5 rings (SSSR count). The predicted molar refractivity (Wildman–Crippen MR) is 154 cm³/mol. The number of benzene rings is 2. The molecule has 2 aliphatic rings. The second-order valence-electron chi connectivity index (χ2n) is 10.1. The summed E-state index contributed by atoms with van der Waals surface area (Å²) in [5.41, 5.74) is 2.72. The van der Waals surface area contributed by atoms with Gasteiger partial charge in [-0.2, -0.15) is 4.98 Å². The molecule has 3 aromatic rings. The average Bonchev–Trinajstić information content (AvgIpc) is 2.95. The summed E-state index contributed by atoms with van der Waals surface area (Å²) in [5, 5.41) is 19.0. The fraction of sp³-hybridized carbons (Fsp3) is 0.407. The highest BCUT2D eigenvalue weighted by Crippen LogP contribution is 2.34. The Bertz CT molecular complexity index is 1340. The SMILES string of the molecule is Cc1cnc(Nc2ccc(N3CCC(N4CCN(C)CC4)CC3)c([N+](=O)[O-])c2)nc1Nc1ccccc1P=O. The van der Waals surface area contributed by atoms with Crippen LogP contribution in [0.15, 0.2) is 48.7 Å². The first kappa shape index (κ1) is 26.9. The van der Waals surface area contributed by atoms with Crippen molar-refractivity contribution in [1.82, 2.24) is 19.8 Å². The number of rotatable bonds is 8. The minimum Gasteiger partial charge on any atom is -0.366 e. The molecule has 1 aromatic heterocycles. The number of hydrogen-bond donors (Lipinski definition) is 2. The first-order valence-corrected chi connectivity index (χ1v) is 14.0. The fourth-order valence-electron chi connectivity index (χ4n) is 5.22. The topological polar surface area (TPSA) is 120 Å². The van der Waals surface area contributed by atoms with E-state index in [1.54, 1.807) is 18.3 Å². The summed E-state index contributed by atoms with van der Waals surface area (Å²) in [6.07, 6.45) is 3.67. The standard InChI is InChI=1S/C27H33N8O3P/c1-19-18-28-27(31-26(19)30-22-5-3-4-6-25(22)39-38)29-20-7-8-23(24(17-20)35(36)37)34-11-9-21(10-12-34)33-15-13-32(2)14-16-33/h3-8,17-18,21H,9-16H2,1-2H3,(H2,28,29,30,31). The van der Waals surface area contributed by atoms with Crippen LogP contribution >= 0.6 is 8.46 Å². The zero-order valence-electron chi connectivity index (χ0n) is 22.2. The molecule has 0 radical (unpaired) electrons. The lowest BCUT2D eigenvalue weighted by molar-refractivity contribution is -0.384. The van der Waals surface area contributed by atoms with Gasteiger partial charge in [0.25, 0.3) is 5.69 Å². The molecule has 2 saturated heterocycles. The summed E-state index contributed by atoms with van der Waals surface area (Å²) >= 11 is 0. The van der Waals surface area contributed by atoms with Crippen LogP contribution in [-0.2, 0) is 4.57 Å². The molecule has 0 saturated carbocycles. The maximum atomic E-state index is 12.0. The van der Waals surface area contributed by atoms with Gasteiger partial charge in [0.2, 0.25) is 5.95 Å². The van der Waals surface area contributed by atoms with Crippen molar-refractivity contribution in [3.8, 4) is 0 Å². The van der Waals surface area contributed by atoms with Crippen molar-refractivity contribution in [1.29, 1.82) is 0 Å². The lowest BCUT2D eigenvalue weighted by Crippen LogP contribution is -2.52. The number of piperidine rings is 1. The lowest BCUT2D eigenvalue weighted by Gasteiger charge is -2.42. The zero-order valence-corrected chi connectivity index (χ0v) is 23.1. The Morgan fingerprint density at radius 1 is 1.03 bits per heavy atom. The number of aromatic nitrogens is 2. The van der Waals surface area contributed by atoms with E-state index in [0.717, 1.165) is 57.7 Å². The Hall–Kier alpha value is -3.66. The van der Waals surface area contributed by atoms with Crippen LogP contribution in [0.3, 0.4) is 0 Å². The van der Waals surface area contributed by atoms with Crippen molar-refractivity contribution >= 4 is 48.3 Å². The van der Waals surface area contributed by atoms with Crippen LogP contribution in [-0.4, -0.2) is 77.0 Å². The highest BCUT2D eigenvalue weighted by atomic mass is 31.1. The van der Waals surface area contributed by atoms with Gasteiger partial charge < -0.3 is 20.4 Å². The molecule has 2 N–H and O–H groups in total. The summed E-state index contributed by atoms with van der Waals surface area (Å²) in [5.74, 6) is 0.855. The molecule has 0 spiro atoms. The van der Waals surface area contributed by atoms with Gasteiger partial charge in [-0.15, -0.1) is 0 Å². The summed E-state index contributed by atoms with van der Waals surface area (Å²) in [4.78, 5) is 27.7. The maximum absolute atomic E-state index is 12.0. The third kappa shape index (κ3) is 6.33. The van der Waals surface area contributed by atoms with Crippen LogP contribution in [0.4, 0.5) is 34.5 Å². The Morgan fingerprint density at radius 2 is 1.77 bits per heavy atom. The normalized spacial score (nSPS) is 17.3. The molecular weight excluding hydrogens is 515 g/mol. The number of aryl methyl sites for hydroxylation is 1. The van der Waals surface area contributed by atoms with E-state index in [0.29, 0.717) is 40.2 Å². The number of nitrogens with one attached hydrogen (secondary N) is 2. The summed E-state index contributed by atoms with van der Waals surface area (Å²) in [7, 11) is 2.07. The van der Waals surface area contributed by atoms with Crippen LogP contribution in [0, 0.1) is 17.0 Å². The maximum Gasteiger partial charge on any atom is 0.294 e. The molecule has 2 fully saturated rings. The first-order chi connectivity index (χ1) is 18.9. The number of anilines is 5. The number of hydrogen-bond acceptors (Lipinski definition) is 10. The van der Waals surface area contributed by atoms with Gasteiger partial charge in [0.05, 0.1) is 15.9 Å². The van der Waals surface area contributed by atoms with E-state index < -0.39 is 0 Å². The number of nitro benzene ring substituents is 1. The van der Waals surface area contributed by atoms with Crippen LogP contribution in [0.5, 0.6) is 0 Å². The lowest BCUT2D eigenvalue weighted by atomic mass is 10.0. The average molecular weight is 549 g/mol. The summed E-state index contributed by atoms with van der Waals surface area (Å²) in [6.45, 7) is 7.83. The molecule has 0 aliphatic carbocycles. The van der Waals surface area contributed by atoms with E-state index in [1.807, 2.05) is 37.3 Å². The van der Waals surface area contributed by atoms with Gasteiger partial charge in [0.15, 0.2) is 8.46 Å². The number of para-hydroxylation sites is 1. The molecule has 0 bridgehead atoms. The van der Waals surface area contributed by atoms with E-state index in [9.17, 15) is 14.7 Å². The first-order valence-electron chi connectivity index (χ1n) is 13.2. The van der Waals surface area contributed by atoms with E-state index in [1.165, 1.54) is 0 Å². The van der Waals surface area contributed by atoms with Gasteiger partial charge in [0.1, 0.15) is 11.5 Å². The molecule has 2 aliphatic heterocycles. The van der Waals surface area contributed by atoms with Gasteiger partial charge in [0, 0.05) is 68.8 Å². The number of nitro groups is 1. The van der Waals surface area contributed by atoms with E-state index in [-0.39, 0.29) is 19.1 Å². The smallest absolute Gasteiger partial charge is 0.294 e. The van der Waals surface area contributed by atoms with Gasteiger partial charge >= 0.3 is 0 Å². The number of nitrogens with zero attached hydrogens (tertiary/aromatic N) is 6. The number of piperazine rings is 1. The molecular formula is C27H33N8O3P. The monoisotopic (exact) mass is 548 g/mol. The molecule has 0 amide bonds. The predicted octanol–water partition coefficient (Wildman–Crippen LogP) is 4.31. The Morgan fingerprint density at radius 3 is 2.49 bits per heavy atom. The minimum absolute atomic E-state index is 0.0619. The molecule has 12 heteroatoms. The molecule has 3 heterocycles.